The first-order chi connectivity index (χ1) is 12.1. The molecular formula is C18H22N2O3S2. The van der Waals surface area contributed by atoms with E-state index < -0.39 is 16.1 Å². The van der Waals surface area contributed by atoms with Crippen LogP contribution in [0, 0.1) is 0 Å². The number of carbonyl (C=O) groups excluding carboxylic acids is 1. The topological polar surface area (TPSA) is 66.5 Å². The van der Waals surface area contributed by atoms with E-state index in [2.05, 4.69) is 4.72 Å². The average Bonchev–Trinajstić information content (AvgIpc) is 3.18. The molecule has 1 aliphatic rings. The number of likely N-dealkylation sites (tertiary alicyclic amines) is 1. The molecule has 134 valence electrons. The summed E-state index contributed by atoms with van der Waals surface area (Å²) in [6.07, 6.45) is 3.41. The molecule has 1 aliphatic heterocycles. The molecule has 5 nitrogen and oxygen atoms in total. The SMILES string of the molecule is O=C([C@@H](Cc1ccccc1)NS(=O)(=O)c1cccs1)N1CCCCC1. The highest BCUT2D eigenvalue weighted by Crippen LogP contribution is 2.18. The fourth-order valence-electron chi connectivity index (χ4n) is 3.03. The van der Waals surface area contributed by atoms with Gasteiger partial charge in [0.2, 0.25) is 5.91 Å². The number of amides is 1. The number of thiophene rings is 1. The number of sulfonamides is 1. The van der Waals surface area contributed by atoms with Crippen LogP contribution in [0.4, 0.5) is 0 Å². The number of piperidine rings is 1. The summed E-state index contributed by atoms with van der Waals surface area (Å²) in [4.78, 5) is 14.7. The molecule has 1 amide bonds. The molecular weight excluding hydrogens is 356 g/mol. The molecule has 1 fully saturated rings. The summed E-state index contributed by atoms with van der Waals surface area (Å²) in [7, 11) is -3.70. The van der Waals surface area contributed by atoms with Crippen LogP contribution in [0.1, 0.15) is 24.8 Å². The Kier molecular flexibility index (Phi) is 5.88. The largest absolute Gasteiger partial charge is 0.341 e. The van der Waals surface area contributed by atoms with Crippen LogP contribution >= 0.6 is 11.3 Å². The van der Waals surface area contributed by atoms with Gasteiger partial charge in [-0.3, -0.25) is 4.79 Å². The number of hydrogen-bond acceptors (Lipinski definition) is 4. The Bertz CT molecular complexity index is 783. The third-order valence-corrected chi connectivity index (χ3v) is 7.17. The summed E-state index contributed by atoms with van der Waals surface area (Å²) in [6, 6.07) is 12.0. The van der Waals surface area contributed by atoms with Gasteiger partial charge in [0, 0.05) is 13.1 Å². The van der Waals surface area contributed by atoms with Crippen molar-refractivity contribution in [2.75, 3.05) is 13.1 Å². The Labute approximate surface area is 152 Å². The molecule has 25 heavy (non-hydrogen) atoms. The predicted molar refractivity (Wildman–Crippen MR) is 99.0 cm³/mol. The Hall–Kier alpha value is -1.70. The zero-order valence-electron chi connectivity index (χ0n) is 13.9. The monoisotopic (exact) mass is 378 g/mol. The molecule has 3 rings (SSSR count). The first kappa shape index (κ1) is 18.1. The minimum Gasteiger partial charge on any atom is -0.341 e. The smallest absolute Gasteiger partial charge is 0.250 e. The van der Waals surface area contributed by atoms with Crippen LogP contribution in [-0.2, 0) is 21.2 Å². The third kappa shape index (κ3) is 4.68. The van der Waals surface area contributed by atoms with E-state index in [1.165, 1.54) is 0 Å². The van der Waals surface area contributed by atoms with Gasteiger partial charge in [0.15, 0.2) is 0 Å². The van der Waals surface area contributed by atoms with Gasteiger partial charge in [0.25, 0.3) is 10.0 Å². The van der Waals surface area contributed by atoms with Gasteiger partial charge in [-0.25, -0.2) is 8.42 Å². The van der Waals surface area contributed by atoms with Gasteiger partial charge in [-0.1, -0.05) is 36.4 Å². The zero-order valence-corrected chi connectivity index (χ0v) is 15.6. The quantitative estimate of drug-likeness (QED) is 0.840. The molecule has 2 heterocycles. The highest BCUT2D eigenvalue weighted by atomic mass is 32.2. The predicted octanol–water partition coefficient (Wildman–Crippen LogP) is 2.65. The van der Waals surface area contributed by atoms with Crippen LogP contribution in [0.25, 0.3) is 0 Å². The molecule has 7 heteroatoms. The Morgan fingerprint density at radius 3 is 2.44 bits per heavy atom. The summed E-state index contributed by atoms with van der Waals surface area (Å²) < 4.78 is 28.1. The van der Waals surface area contributed by atoms with E-state index in [9.17, 15) is 13.2 Å². The van der Waals surface area contributed by atoms with Gasteiger partial charge in [-0.05, 0) is 42.7 Å². The van der Waals surface area contributed by atoms with Crippen molar-refractivity contribution in [2.24, 2.45) is 0 Å². The average molecular weight is 379 g/mol. The molecule has 0 bridgehead atoms. The normalized spacial score (nSPS) is 16.6. The number of rotatable bonds is 6. The Balaban J connectivity index is 1.82. The minimum atomic E-state index is -3.70. The van der Waals surface area contributed by atoms with Crippen LogP contribution in [0.5, 0.6) is 0 Å². The lowest BCUT2D eigenvalue weighted by Crippen LogP contribution is -2.50. The lowest BCUT2D eigenvalue weighted by Gasteiger charge is -2.30. The first-order valence-electron chi connectivity index (χ1n) is 8.45. The van der Waals surface area contributed by atoms with Crippen molar-refractivity contribution in [1.29, 1.82) is 0 Å². The van der Waals surface area contributed by atoms with E-state index in [4.69, 9.17) is 0 Å². The third-order valence-electron chi connectivity index (χ3n) is 4.31. The number of nitrogens with zero attached hydrogens (tertiary/aromatic N) is 1. The van der Waals surface area contributed by atoms with E-state index in [1.807, 2.05) is 30.3 Å². The molecule has 0 unspecified atom stereocenters. The molecule has 0 saturated carbocycles. The minimum absolute atomic E-state index is 0.135. The molecule has 1 N–H and O–H groups in total. The highest BCUT2D eigenvalue weighted by Gasteiger charge is 2.30. The van der Waals surface area contributed by atoms with Crippen molar-refractivity contribution >= 4 is 27.3 Å². The van der Waals surface area contributed by atoms with Gasteiger partial charge < -0.3 is 4.90 Å². The summed E-state index contributed by atoms with van der Waals surface area (Å²) >= 11 is 1.15. The summed E-state index contributed by atoms with van der Waals surface area (Å²) in [5.74, 6) is -0.135. The van der Waals surface area contributed by atoms with E-state index in [0.717, 1.165) is 36.2 Å². The second kappa shape index (κ2) is 8.12. The number of carbonyl (C=O) groups is 1. The van der Waals surface area contributed by atoms with Gasteiger partial charge in [-0.15, -0.1) is 11.3 Å². The van der Waals surface area contributed by atoms with Gasteiger partial charge >= 0.3 is 0 Å². The van der Waals surface area contributed by atoms with Crippen LogP contribution in [0.3, 0.4) is 0 Å². The number of hydrogen-bond donors (Lipinski definition) is 1. The van der Waals surface area contributed by atoms with Crippen LogP contribution in [0.15, 0.2) is 52.1 Å². The maximum absolute atomic E-state index is 13.0. The second-order valence-electron chi connectivity index (χ2n) is 6.18. The molecule has 1 saturated heterocycles. The molecule has 0 aliphatic carbocycles. The van der Waals surface area contributed by atoms with Crippen molar-refractivity contribution < 1.29 is 13.2 Å². The van der Waals surface area contributed by atoms with Gasteiger partial charge in [0.1, 0.15) is 10.3 Å². The zero-order chi connectivity index (χ0) is 17.7. The van der Waals surface area contributed by atoms with E-state index >= 15 is 0 Å². The second-order valence-corrected chi connectivity index (χ2v) is 9.07. The molecule has 0 radical (unpaired) electrons. The Morgan fingerprint density at radius 1 is 1.08 bits per heavy atom. The van der Waals surface area contributed by atoms with Gasteiger partial charge in [-0.2, -0.15) is 4.72 Å². The van der Waals surface area contributed by atoms with Crippen molar-refractivity contribution in [1.82, 2.24) is 9.62 Å². The molecule has 1 aromatic heterocycles. The molecule has 0 spiro atoms. The lowest BCUT2D eigenvalue weighted by molar-refractivity contribution is -0.133. The summed E-state index contributed by atoms with van der Waals surface area (Å²) in [6.45, 7) is 1.40. The summed E-state index contributed by atoms with van der Waals surface area (Å²) in [5.41, 5.74) is 0.937. The number of nitrogens with one attached hydrogen (secondary N) is 1. The molecule has 1 aromatic carbocycles. The van der Waals surface area contributed by atoms with Crippen molar-refractivity contribution in [3.8, 4) is 0 Å². The van der Waals surface area contributed by atoms with E-state index in [0.29, 0.717) is 19.5 Å². The molecule has 2 aromatic rings. The van der Waals surface area contributed by atoms with Crippen molar-refractivity contribution in [2.45, 2.75) is 35.9 Å². The summed E-state index contributed by atoms with van der Waals surface area (Å²) in [5, 5.41) is 1.72. The van der Waals surface area contributed by atoms with Crippen LogP contribution in [-0.4, -0.2) is 38.4 Å². The maximum atomic E-state index is 13.0. The standard InChI is InChI=1S/C18H22N2O3S2/c21-18(20-11-5-2-6-12-20)16(14-15-8-3-1-4-9-15)19-25(22,23)17-10-7-13-24-17/h1,3-4,7-10,13,16,19H,2,5-6,11-12,14H2/t16-/m1/s1. The fourth-order valence-corrected chi connectivity index (χ4v) is 5.22. The van der Waals surface area contributed by atoms with Crippen LogP contribution < -0.4 is 4.72 Å². The Morgan fingerprint density at radius 2 is 1.80 bits per heavy atom. The van der Waals surface area contributed by atoms with E-state index in [1.54, 1.807) is 22.4 Å². The van der Waals surface area contributed by atoms with E-state index in [-0.39, 0.29) is 10.1 Å². The lowest BCUT2D eigenvalue weighted by atomic mass is 10.0. The van der Waals surface area contributed by atoms with Crippen molar-refractivity contribution in [3.63, 3.8) is 0 Å². The highest BCUT2D eigenvalue weighted by molar-refractivity contribution is 7.91. The maximum Gasteiger partial charge on any atom is 0.250 e. The first-order valence-corrected chi connectivity index (χ1v) is 10.8. The van der Waals surface area contributed by atoms with Gasteiger partial charge in [0.05, 0.1) is 0 Å². The molecule has 1 atom stereocenters. The fraction of sp³-hybridized carbons (Fsp3) is 0.389. The van der Waals surface area contributed by atoms with Crippen molar-refractivity contribution in [3.05, 3.63) is 53.4 Å². The number of benzene rings is 1. The van der Waals surface area contributed by atoms with Crippen LogP contribution in [0.2, 0.25) is 0 Å².